The maximum atomic E-state index is 13.0. The van der Waals surface area contributed by atoms with Gasteiger partial charge in [-0.15, -0.1) is 0 Å². The molecule has 2 aliphatic carbocycles. The van der Waals surface area contributed by atoms with Crippen molar-refractivity contribution in [1.29, 1.82) is 10.5 Å². The summed E-state index contributed by atoms with van der Waals surface area (Å²) in [6.45, 7) is 2.65. The molecule has 0 saturated heterocycles. The standard InChI is InChI=1S/C18H19N5O.C12H15F2N/c1-22(13-6-4-3-5-7-13)17-14(11-20)18(24)23(2)15-9-8-12(10-19)21-16(15)17;1-8-5-10(13)11(14)6-12(8)15-7-9-3-2-4-9/h8-9,13H,3-7H2,1-2H3;5-6,9,15H,2-4,7H2,1H3. The molecule has 2 aliphatic rings. The molecule has 2 heterocycles. The minimum atomic E-state index is -0.781. The van der Waals surface area contributed by atoms with E-state index in [1.807, 2.05) is 18.0 Å². The van der Waals surface area contributed by atoms with Gasteiger partial charge < -0.3 is 14.8 Å². The van der Waals surface area contributed by atoms with E-state index in [-0.39, 0.29) is 22.9 Å². The van der Waals surface area contributed by atoms with Crippen molar-refractivity contribution in [2.24, 2.45) is 13.0 Å². The number of aryl methyl sites for hydroxylation is 2. The Morgan fingerprint density at radius 2 is 1.74 bits per heavy atom. The van der Waals surface area contributed by atoms with Gasteiger partial charge in [-0.2, -0.15) is 10.5 Å². The van der Waals surface area contributed by atoms with E-state index < -0.39 is 11.6 Å². The normalized spacial score (nSPS) is 15.5. The molecule has 0 radical (unpaired) electrons. The van der Waals surface area contributed by atoms with E-state index in [1.165, 1.54) is 42.4 Å². The highest BCUT2D eigenvalue weighted by molar-refractivity contribution is 5.92. The van der Waals surface area contributed by atoms with Crippen molar-refractivity contribution in [3.63, 3.8) is 0 Å². The molecule has 39 heavy (non-hydrogen) atoms. The summed E-state index contributed by atoms with van der Waals surface area (Å²) in [5.41, 5.74) is 3.25. The summed E-state index contributed by atoms with van der Waals surface area (Å²) >= 11 is 0. The SMILES string of the molecule is CN(c1c(C#N)c(=O)n(C)c2ccc(C#N)nc12)C1CCCCC1.Cc1cc(F)c(F)cc1NCC1CCC1. The first kappa shape index (κ1) is 28.0. The molecular weight excluding hydrogens is 498 g/mol. The second kappa shape index (κ2) is 12.3. The molecule has 1 N–H and O–H groups in total. The molecule has 0 amide bonds. The van der Waals surface area contributed by atoms with Gasteiger partial charge in [0.2, 0.25) is 0 Å². The average molecular weight is 533 g/mol. The van der Waals surface area contributed by atoms with E-state index >= 15 is 0 Å². The molecule has 2 saturated carbocycles. The third-order valence-electron chi connectivity index (χ3n) is 7.99. The van der Waals surface area contributed by atoms with Crippen LogP contribution in [-0.4, -0.2) is 29.2 Å². The lowest BCUT2D eigenvalue weighted by molar-refractivity contribution is 0.333. The number of fused-ring (bicyclic) bond motifs is 1. The van der Waals surface area contributed by atoms with E-state index in [0.29, 0.717) is 28.3 Å². The first-order chi connectivity index (χ1) is 18.7. The van der Waals surface area contributed by atoms with E-state index in [4.69, 9.17) is 5.26 Å². The highest BCUT2D eigenvalue weighted by Gasteiger charge is 2.26. The van der Waals surface area contributed by atoms with Gasteiger partial charge >= 0.3 is 0 Å². The lowest BCUT2D eigenvalue weighted by Crippen LogP contribution is -2.36. The molecule has 0 atom stereocenters. The van der Waals surface area contributed by atoms with Crippen LogP contribution in [-0.2, 0) is 7.05 Å². The van der Waals surface area contributed by atoms with Crippen molar-refractivity contribution >= 4 is 22.4 Å². The first-order valence-electron chi connectivity index (χ1n) is 13.5. The lowest BCUT2D eigenvalue weighted by atomic mass is 9.85. The predicted molar refractivity (Wildman–Crippen MR) is 149 cm³/mol. The highest BCUT2D eigenvalue weighted by atomic mass is 19.2. The Morgan fingerprint density at radius 3 is 2.36 bits per heavy atom. The molecule has 0 aliphatic heterocycles. The number of aromatic nitrogens is 2. The molecule has 3 aromatic rings. The van der Waals surface area contributed by atoms with Gasteiger partial charge in [0.25, 0.3) is 5.56 Å². The molecule has 0 bridgehead atoms. The number of nitrogens with one attached hydrogen (secondary N) is 1. The quantitative estimate of drug-likeness (QED) is 0.437. The molecule has 5 rings (SSSR count). The first-order valence-corrected chi connectivity index (χ1v) is 13.5. The summed E-state index contributed by atoms with van der Waals surface area (Å²) in [6, 6.07) is 10.2. The number of hydrogen-bond donors (Lipinski definition) is 1. The number of hydrogen-bond acceptors (Lipinski definition) is 6. The Hall–Kier alpha value is -3.98. The van der Waals surface area contributed by atoms with Crippen LogP contribution in [0, 0.1) is 47.1 Å². The molecule has 1 aromatic carbocycles. The number of rotatable bonds is 5. The van der Waals surface area contributed by atoms with Crippen LogP contribution in [0.25, 0.3) is 11.0 Å². The molecule has 9 heteroatoms. The number of anilines is 2. The van der Waals surface area contributed by atoms with Gasteiger partial charge in [-0.1, -0.05) is 25.7 Å². The second-order valence-corrected chi connectivity index (χ2v) is 10.5. The van der Waals surface area contributed by atoms with Gasteiger partial charge in [0, 0.05) is 38.4 Å². The lowest BCUT2D eigenvalue weighted by Gasteiger charge is -2.33. The average Bonchev–Trinajstić information content (AvgIpc) is 2.92. The van der Waals surface area contributed by atoms with E-state index in [2.05, 4.69) is 16.4 Å². The molecule has 0 unspecified atom stereocenters. The fourth-order valence-electron chi connectivity index (χ4n) is 5.34. The maximum absolute atomic E-state index is 13.0. The molecule has 2 fully saturated rings. The van der Waals surface area contributed by atoms with Crippen molar-refractivity contribution in [2.75, 3.05) is 23.8 Å². The van der Waals surface area contributed by atoms with Gasteiger partial charge in [-0.25, -0.2) is 13.8 Å². The molecule has 2 aromatic heterocycles. The van der Waals surface area contributed by atoms with E-state index in [1.54, 1.807) is 26.1 Å². The third kappa shape index (κ3) is 6.04. The van der Waals surface area contributed by atoms with Gasteiger partial charge in [0.15, 0.2) is 11.6 Å². The van der Waals surface area contributed by atoms with Crippen molar-refractivity contribution in [3.8, 4) is 12.1 Å². The minimum absolute atomic E-state index is 0.0978. The van der Waals surface area contributed by atoms with Gasteiger partial charge in [0.1, 0.15) is 28.9 Å². The second-order valence-electron chi connectivity index (χ2n) is 10.5. The van der Waals surface area contributed by atoms with E-state index in [0.717, 1.165) is 37.8 Å². The Balaban J connectivity index is 0.000000202. The smallest absolute Gasteiger partial charge is 0.270 e. The van der Waals surface area contributed by atoms with E-state index in [9.17, 15) is 18.8 Å². The third-order valence-corrected chi connectivity index (χ3v) is 7.99. The molecule has 204 valence electrons. The topological polar surface area (TPSA) is 97.7 Å². The van der Waals surface area contributed by atoms with Gasteiger partial charge in [-0.05, 0) is 62.3 Å². The van der Waals surface area contributed by atoms with Crippen LogP contribution in [0.3, 0.4) is 0 Å². The van der Waals surface area contributed by atoms with Crippen molar-refractivity contribution in [3.05, 3.63) is 63.1 Å². The minimum Gasteiger partial charge on any atom is -0.384 e. The number of nitriles is 2. The van der Waals surface area contributed by atoms with Crippen LogP contribution in [0.1, 0.15) is 68.2 Å². The molecular formula is C30H34F2N6O. The zero-order valence-electron chi connectivity index (χ0n) is 22.7. The van der Waals surface area contributed by atoms with Gasteiger partial charge in [-0.3, -0.25) is 4.79 Å². The predicted octanol–water partition coefficient (Wildman–Crippen LogP) is 5.93. The highest BCUT2D eigenvalue weighted by Crippen LogP contribution is 2.32. The number of nitrogens with zero attached hydrogens (tertiary/aromatic N) is 5. The Morgan fingerprint density at radius 1 is 1.05 bits per heavy atom. The summed E-state index contributed by atoms with van der Waals surface area (Å²) in [4.78, 5) is 19.0. The largest absolute Gasteiger partial charge is 0.384 e. The zero-order valence-corrected chi connectivity index (χ0v) is 22.7. The molecule has 7 nitrogen and oxygen atoms in total. The Labute approximate surface area is 227 Å². The molecule has 0 spiro atoms. The number of halogens is 2. The van der Waals surface area contributed by atoms with Crippen molar-refractivity contribution < 1.29 is 8.78 Å². The zero-order chi connectivity index (χ0) is 28.1. The number of pyridine rings is 2. The van der Waals surface area contributed by atoms with Crippen LogP contribution in [0.15, 0.2) is 29.1 Å². The number of benzene rings is 1. The Kier molecular flexibility index (Phi) is 8.81. The van der Waals surface area contributed by atoms with Gasteiger partial charge in [0.05, 0.1) is 11.2 Å². The maximum Gasteiger partial charge on any atom is 0.270 e. The summed E-state index contributed by atoms with van der Waals surface area (Å²) < 4.78 is 27.2. The van der Waals surface area contributed by atoms with Crippen LogP contribution in [0.2, 0.25) is 0 Å². The van der Waals surface area contributed by atoms with Crippen molar-refractivity contribution in [2.45, 2.75) is 64.3 Å². The fourth-order valence-corrected chi connectivity index (χ4v) is 5.34. The van der Waals surface area contributed by atoms with Crippen molar-refractivity contribution in [1.82, 2.24) is 9.55 Å². The summed E-state index contributed by atoms with van der Waals surface area (Å²) in [7, 11) is 3.55. The Bertz CT molecular complexity index is 1490. The summed E-state index contributed by atoms with van der Waals surface area (Å²) in [6.07, 6.45) is 9.39. The van der Waals surface area contributed by atoms with Crippen LogP contribution < -0.4 is 15.8 Å². The summed E-state index contributed by atoms with van der Waals surface area (Å²) in [5, 5.41) is 21.9. The fraction of sp³-hybridized carbons (Fsp3) is 0.467. The van der Waals surface area contributed by atoms with Crippen LogP contribution in [0.5, 0.6) is 0 Å². The van der Waals surface area contributed by atoms with Crippen LogP contribution >= 0.6 is 0 Å². The van der Waals surface area contributed by atoms with Crippen LogP contribution in [0.4, 0.5) is 20.2 Å². The summed E-state index contributed by atoms with van der Waals surface area (Å²) in [5.74, 6) is -0.851. The monoisotopic (exact) mass is 532 g/mol.